The third-order valence-corrected chi connectivity index (χ3v) is 7.54. The van der Waals surface area contributed by atoms with Crippen molar-refractivity contribution in [3.8, 4) is 0 Å². The predicted molar refractivity (Wildman–Crippen MR) is 130 cm³/mol. The van der Waals surface area contributed by atoms with Crippen LogP contribution in [0.1, 0.15) is 48.8 Å². The summed E-state index contributed by atoms with van der Waals surface area (Å²) in [5.41, 5.74) is 0.639. The van der Waals surface area contributed by atoms with E-state index in [9.17, 15) is 22.8 Å². The third-order valence-electron chi connectivity index (χ3n) is 6.42. The van der Waals surface area contributed by atoms with E-state index in [1.54, 1.807) is 30.5 Å². The lowest BCUT2D eigenvalue weighted by molar-refractivity contribution is -0.138. The van der Waals surface area contributed by atoms with E-state index in [2.05, 4.69) is 5.10 Å². The molecular weight excluding hydrogens is 499 g/mol. The fraction of sp³-hybridized carbons (Fsp3) is 0.320. The average Bonchev–Trinajstić information content (AvgIpc) is 3.34. The van der Waals surface area contributed by atoms with E-state index >= 15 is 0 Å². The molecule has 2 amide bonds. The van der Waals surface area contributed by atoms with E-state index < -0.39 is 11.7 Å². The van der Waals surface area contributed by atoms with E-state index in [-0.39, 0.29) is 34.3 Å². The first-order valence-corrected chi connectivity index (χ1v) is 12.5. The molecule has 0 radical (unpaired) electrons. The fourth-order valence-electron chi connectivity index (χ4n) is 4.72. The summed E-state index contributed by atoms with van der Waals surface area (Å²) < 4.78 is 41.9. The van der Waals surface area contributed by atoms with Crippen molar-refractivity contribution in [1.29, 1.82) is 0 Å². The standard InChI is InChI=1S/C25H21ClF3N3O2S/c26-18-8-7-16(20(12-18)25(27,28)29)14-31-21-9-6-15(10-17(21)13-30-31)11-22-23(33)32(24(34)35-22)19-4-2-1-3-5-19/h6-13,19H,1-5,14H2/b22-11-. The monoisotopic (exact) mass is 519 g/mol. The second-order valence-electron chi connectivity index (χ2n) is 8.76. The zero-order chi connectivity index (χ0) is 24.7. The maximum absolute atomic E-state index is 13.5. The average molecular weight is 520 g/mol. The van der Waals surface area contributed by atoms with Crippen molar-refractivity contribution in [3.63, 3.8) is 0 Å². The number of nitrogens with zero attached hydrogens (tertiary/aromatic N) is 3. The quantitative estimate of drug-likeness (QED) is 0.344. The molecule has 1 aliphatic heterocycles. The summed E-state index contributed by atoms with van der Waals surface area (Å²) in [5.74, 6) is -0.259. The van der Waals surface area contributed by atoms with Gasteiger partial charge in [0.25, 0.3) is 11.1 Å². The molecule has 0 spiro atoms. The molecule has 2 aliphatic rings. The first-order valence-electron chi connectivity index (χ1n) is 11.3. The minimum atomic E-state index is -4.53. The summed E-state index contributed by atoms with van der Waals surface area (Å²) in [6.07, 6.45) is 3.59. The van der Waals surface area contributed by atoms with E-state index in [1.165, 1.54) is 21.7 Å². The van der Waals surface area contributed by atoms with Gasteiger partial charge in [-0.3, -0.25) is 19.2 Å². The molecular formula is C25H21ClF3N3O2S. The molecule has 182 valence electrons. The Labute approximate surface area is 208 Å². The summed E-state index contributed by atoms with van der Waals surface area (Å²) >= 11 is 6.73. The summed E-state index contributed by atoms with van der Waals surface area (Å²) in [7, 11) is 0. The molecule has 1 aromatic heterocycles. The van der Waals surface area contributed by atoms with Gasteiger partial charge in [0.1, 0.15) is 0 Å². The van der Waals surface area contributed by atoms with Gasteiger partial charge in [-0.05, 0) is 66.1 Å². The number of alkyl halides is 3. The normalized spacial score (nSPS) is 18.9. The van der Waals surface area contributed by atoms with E-state index in [1.807, 2.05) is 0 Å². The van der Waals surface area contributed by atoms with Crippen LogP contribution in [-0.4, -0.2) is 31.9 Å². The van der Waals surface area contributed by atoms with Crippen molar-refractivity contribution in [3.05, 3.63) is 69.2 Å². The zero-order valence-electron chi connectivity index (χ0n) is 18.5. The topological polar surface area (TPSA) is 55.2 Å². The van der Waals surface area contributed by atoms with Crippen molar-refractivity contribution in [1.82, 2.24) is 14.7 Å². The van der Waals surface area contributed by atoms with Crippen LogP contribution in [0.15, 0.2) is 47.5 Å². The number of amides is 2. The largest absolute Gasteiger partial charge is 0.416 e. The lowest BCUT2D eigenvalue weighted by Gasteiger charge is -2.28. The number of carbonyl (C=O) groups is 2. The molecule has 1 saturated carbocycles. The molecule has 1 aliphatic carbocycles. The van der Waals surface area contributed by atoms with Crippen LogP contribution in [0.5, 0.6) is 0 Å². The first-order chi connectivity index (χ1) is 16.7. The minimum Gasteiger partial charge on any atom is -0.268 e. The number of hydrogen-bond acceptors (Lipinski definition) is 4. The maximum atomic E-state index is 13.5. The zero-order valence-corrected chi connectivity index (χ0v) is 20.1. The predicted octanol–water partition coefficient (Wildman–Crippen LogP) is 7.13. The highest BCUT2D eigenvalue weighted by Gasteiger charge is 2.40. The molecule has 2 fully saturated rings. The van der Waals surface area contributed by atoms with Crippen molar-refractivity contribution in [2.45, 2.75) is 50.9 Å². The lowest BCUT2D eigenvalue weighted by atomic mass is 9.94. The van der Waals surface area contributed by atoms with Crippen LogP contribution < -0.4 is 0 Å². The SMILES string of the molecule is O=C1S/C(=C\c2ccc3c(cnn3Cc3ccc(Cl)cc3C(F)(F)F)c2)C(=O)N1C1CCCCC1. The number of halogens is 4. The van der Waals surface area contributed by atoms with Gasteiger partial charge in [0, 0.05) is 16.5 Å². The number of hydrogen-bond donors (Lipinski definition) is 0. The molecule has 35 heavy (non-hydrogen) atoms. The fourth-order valence-corrected chi connectivity index (χ4v) is 5.79. The Hall–Kier alpha value is -2.78. The number of imide groups is 1. The Bertz CT molecular complexity index is 1350. The Kier molecular flexibility index (Phi) is 6.40. The smallest absolute Gasteiger partial charge is 0.268 e. The van der Waals surface area contributed by atoms with Crippen LogP contribution in [0.3, 0.4) is 0 Å². The van der Waals surface area contributed by atoms with Crippen molar-refractivity contribution < 1.29 is 22.8 Å². The molecule has 0 N–H and O–H groups in total. The third kappa shape index (κ3) is 4.84. The summed E-state index contributed by atoms with van der Waals surface area (Å²) in [6.45, 7) is -0.0743. The number of rotatable bonds is 4. The second-order valence-corrected chi connectivity index (χ2v) is 10.2. The number of aromatic nitrogens is 2. The lowest BCUT2D eigenvalue weighted by Crippen LogP contribution is -2.39. The van der Waals surface area contributed by atoms with Crippen LogP contribution in [0, 0.1) is 0 Å². The molecule has 2 aromatic carbocycles. The number of carbonyl (C=O) groups excluding carboxylic acids is 2. The molecule has 5 rings (SSSR count). The Morgan fingerprint density at radius 1 is 1.09 bits per heavy atom. The van der Waals surface area contributed by atoms with Crippen molar-refractivity contribution in [2.24, 2.45) is 0 Å². The van der Waals surface area contributed by atoms with Crippen LogP contribution in [0.4, 0.5) is 18.0 Å². The van der Waals surface area contributed by atoms with Crippen molar-refractivity contribution in [2.75, 3.05) is 0 Å². The van der Waals surface area contributed by atoms with E-state index in [0.29, 0.717) is 21.4 Å². The highest BCUT2D eigenvalue weighted by Crippen LogP contribution is 2.38. The summed E-state index contributed by atoms with van der Waals surface area (Å²) in [5, 5.41) is 4.77. The van der Waals surface area contributed by atoms with E-state index in [4.69, 9.17) is 11.6 Å². The molecule has 0 unspecified atom stereocenters. The van der Waals surface area contributed by atoms with Gasteiger partial charge in [0.05, 0.1) is 28.7 Å². The van der Waals surface area contributed by atoms with Crippen molar-refractivity contribution >= 4 is 51.5 Å². The van der Waals surface area contributed by atoms with Gasteiger partial charge in [-0.1, -0.05) is 43.0 Å². The first kappa shape index (κ1) is 23.9. The minimum absolute atomic E-state index is 0.0175. The van der Waals surface area contributed by atoms with Gasteiger partial charge < -0.3 is 0 Å². The number of fused-ring (bicyclic) bond motifs is 1. The van der Waals surface area contributed by atoms with Gasteiger partial charge in [-0.15, -0.1) is 0 Å². The number of thioether (sulfide) groups is 1. The van der Waals surface area contributed by atoms with Crippen LogP contribution in [0.25, 0.3) is 17.0 Å². The van der Waals surface area contributed by atoms with Gasteiger partial charge in [0.2, 0.25) is 0 Å². The molecule has 2 heterocycles. The van der Waals surface area contributed by atoms with Gasteiger partial charge in [-0.2, -0.15) is 18.3 Å². The Morgan fingerprint density at radius 3 is 2.60 bits per heavy atom. The molecule has 0 atom stereocenters. The van der Waals surface area contributed by atoms with Gasteiger partial charge in [-0.25, -0.2) is 0 Å². The molecule has 0 bridgehead atoms. The highest BCUT2D eigenvalue weighted by molar-refractivity contribution is 8.18. The maximum Gasteiger partial charge on any atom is 0.416 e. The van der Waals surface area contributed by atoms with Crippen LogP contribution in [0.2, 0.25) is 5.02 Å². The Balaban J connectivity index is 1.40. The molecule has 3 aromatic rings. The van der Waals surface area contributed by atoms with E-state index in [0.717, 1.165) is 49.9 Å². The molecule has 1 saturated heterocycles. The van der Waals surface area contributed by atoms with Crippen LogP contribution >= 0.6 is 23.4 Å². The van der Waals surface area contributed by atoms with Crippen LogP contribution in [-0.2, 0) is 17.5 Å². The Morgan fingerprint density at radius 2 is 1.86 bits per heavy atom. The van der Waals surface area contributed by atoms with Gasteiger partial charge >= 0.3 is 6.18 Å². The van der Waals surface area contributed by atoms with Gasteiger partial charge in [0.15, 0.2) is 0 Å². The molecule has 10 heteroatoms. The second kappa shape index (κ2) is 9.35. The summed E-state index contributed by atoms with van der Waals surface area (Å²) in [4.78, 5) is 27.2. The highest BCUT2D eigenvalue weighted by atomic mass is 35.5. The number of benzene rings is 2. The summed E-state index contributed by atoms with van der Waals surface area (Å²) in [6, 6.07) is 8.99. The molecule has 5 nitrogen and oxygen atoms in total.